The van der Waals surface area contributed by atoms with Crippen LogP contribution in [0.5, 0.6) is 0 Å². The quantitative estimate of drug-likeness (QED) is 0.674. The Bertz CT molecular complexity index is 513. The lowest BCUT2D eigenvalue weighted by molar-refractivity contribution is -0.150. The molecule has 0 bridgehead atoms. The van der Waals surface area contributed by atoms with Crippen LogP contribution in [0.4, 0.5) is 0 Å². The number of carbonyl (C=O) groups is 2. The second kappa shape index (κ2) is 6.74. The summed E-state index contributed by atoms with van der Waals surface area (Å²) in [6, 6.07) is 3.41. The predicted molar refractivity (Wildman–Crippen MR) is 78.9 cm³/mol. The van der Waals surface area contributed by atoms with E-state index in [1.54, 1.807) is 12.1 Å². The Labute approximate surface area is 126 Å². The highest BCUT2D eigenvalue weighted by atomic mass is 79.9. The Morgan fingerprint density at radius 2 is 2.05 bits per heavy atom. The lowest BCUT2D eigenvalue weighted by atomic mass is 10.1. The summed E-state index contributed by atoms with van der Waals surface area (Å²) in [6.07, 6.45) is 1.84. The number of carbonyl (C=O) groups excluding carboxylic acids is 2. The minimum absolute atomic E-state index is 0.333. The number of halogens is 1. The van der Waals surface area contributed by atoms with Gasteiger partial charge in [0.2, 0.25) is 0 Å². The fraction of sp³-hybridized carbons (Fsp3) is 0.429. The van der Waals surface area contributed by atoms with Crippen molar-refractivity contribution in [2.24, 2.45) is 0 Å². The van der Waals surface area contributed by atoms with Crippen molar-refractivity contribution in [3.8, 4) is 0 Å². The van der Waals surface area contributed by atoms with Crippen LogP contribution in [0.25, 0.3) is 6.08 Å². The van der Waals surface area contributed by atoms with Crippen LogP contribution >= 0.6 is 15.9 Å². The number of hydrogen-bond donors (Lipinski definition) is 1. The summed E-state index contributed by atoms with van der Waals surface area (Å²) in [5.41, 5.74) is -0.367. The molecule has 20 heavy (non-hydrogen) atoms. The number of nitrogens with one attached hydrogen (secondary N) is 1. The summed E-state index contributed by atoms with van der Waals surface area (Å²) < 4.78 is 10.8. The third kappa shape index (κ3) is 6.06. The van der Waals surface area contributed by atoms with Gasteiger partial charge in [-0.15, -0.1) is 0 Å². The number of esters is 1. The maximum Gasteiger partial charge on any atom is 0.331 e. The molecule has 110 valence electrons. The van der Waals surface area contributed by atoms with Crippen LogP contribution in [-0.4, -0.2) is 23.5 Å². The Kier molecular flexibility index (Phi) is 5.56. The molecule has 0 saturated heterocycles. The second-order valence-corrected chi connectivity index (χ2v) is 6.08. The number of furan rings is 1. The molecule has 5 nitrogen and oxygen atoms in total. The van der Waals surface area contributed by atoms with Crippen molar-refractivity contribution < 1.29 is 18.7 Å². The van der Waals surface area contributed by atoms with Crippen LogP contribution in [0.3, 0.4) is 0 Å². The van der Waals surface area contributed by atoms with E-state index in [0.29, 0.717) is 10.4 Å². The minimum Gasteiger partial charge on any atom is -0.450 e. The van der Waals surface area contributed by atoms with Crippen molar-refractivity contribution in [1.29, 1.82) is 0 Å². The van der Waals surface area contributed by atoms with E-state index >= 15 is 0 Å². The average molecular weight is 344 g/mol. The van der Waals surface area contributed by atoms with Gasteiger partial charge in [-0.3, -0.25) is 4.79 Å². The number of ether oxygens (including phenoxy) is 1. The van der Waals surface area contributed by atoms with Crippen LogP contribution in [0.15, 0.2) is 27.3 Å². The van der Waals surface area contributed by atoms with Gasteiger partial charge in [0.25, 0.3) is 5.91 Å². The SMILES string of the molecule is CC(OC(=O)/C=C/c1ccc(Br)o1)C(=O)NC(C)(C)C. The summed E-state index contributed by atoms with van der Waals surface area (Å²) in [5.74, 6) is -0.422. The fourth-order valence-electron chi connectivity index (χ4n) is 1.31. The van der Waals surface area contributed by atoms with Gasteiger partial charge < -0.3 is 14.5 Å². The van der Waals surface area contributed by atoms with E-state index < -0.39 is 12.1 Å². The highest BCUT2D eigenvalue weighted by Gasteiger charge is 2.21. The molecule has 1 N–H and O–H groups in total. The molecule has 1 rings (SSSR count). The molecule has 0 radical (unpaired) electrons. The monoisotopic (exact) mass is 343 g/mol. The van der Waals surface area contributed by atoms with Gasteiger partial charge in [-0.05, 0) is 61.8 Å². The predicted octanol–water partition coefficient (Wildman–Crippen LogP) is 2.90. The molecule has 0 saturated carbocycles. The zero-order valence-corrected chi connectivity index (χ0v) is 13.5. The maximum absolute atomic E-state index is 11.7. The van der Waals surface area contributed by atoms with E-state index in [2.05, 4.69) is 21.2 Å². The molecular weight excluding hydrogens is 326 g/mol. The summed E-state index contributed by atoms with van der Waals surface area (Å²) in [5, 5.41) is 2.74. The van der Waals surface area contributed by atoms with Gasteiger partial charge in [0, 0.05) is 11.6 Å². The van der Waals surface area contributed by atoms with Crippen LogP contribution in [0.1, 0.15) is 33.5 Å². The normalized spacial score (nSPS) is 13.2. The molecule has 0 aromatic carbocycles. The topological polar surface area (TPSA) is 68.5 Å². The minimum atomic E-state index is -0.852. The maximum atomic E-state index is 11.7. The standard InChI is InChI=1S/C14H18BrNO4/c1-9(13(18)16-14(2,3)4)19-12(17)8-6-10-5-7-11(15)20-10/h5-9H,1-4H3,(H,16,18)/b8-6+. The van der Waals surface area contributed by atoms with E-state index in [1.165, 1.54) is 19.1 Å². The molecule has 1 heterocycles. The molecule has 1 amide bonds. The molecule has 0 aliphatic heterocycles. The zero-order chi connectivity index (χ0) is 15.3. The third-order valence-electron chi connectivity index (χ3n) is 2.14. The summed E-state index contributed by atoms with van der Waals surface area (Å²) >= 11 is 3.16. The summed E-state index contributed by atoms with van der Waals surface area (Å²) in [4.78, 5) is 23.3. The van der Waals surface area contributed by atoms with Crippen molar-refractivity contribution in [3.63, 3.8) is 0 Å². The van der Waals surface area contributed by atoms with Gasteiger partial charge in [0.15, 0.2) is 10.8 Å². The van der Waals surface area contributed by atoms with Gasteiger partial charge in [0.1, 0.15) is 5.76 Å². The zero-order valence-electron chi connectivity index (χ0n) is 11.9. The first kappa shape index (κ1) is 16.5. The summed E-state index contributed by atoms with van der Waals surface area (Å²) in [6.45, 7) is 7.09. The molecule has 1 aromatic rings. The van der Waals surface area contributed by atoms with Crippen molar-refractivity contribution in [2.45, 2.75) is 39.3 Å². The lowest BCUT2D eigenvalue weighted by Gasteiger charge is -2.22. The van der Waals surface area contributed by atoms with Gasteiger partial charge in [-0.1, -0.05) is 0 Å². The molecule has 0 aliphatic rings. The van der Waals surface area contributed by atoms with Crippen molar-refractivity contribution in [1.82, 2.24) is 5.32 Å². The van der Waals surface area contributed by atoms with E-state index in [1.807, 2.05) is 20.8 Å². The van der Waals surface area contributed by atoms with Crippen molar-refractivity contribution >= 4 is 33.9 Å². The Morgan fingerprint density at radius 1 is 1.40 bits per heavy atom. The van der Waals surface area contributed by atoms with E-state index in [9.17, 15) is 9.59 Å². The molecule has 0 fully saturated rings. The first-order valence-electron chi connectivity index (χ1n) is 6.13. The molecule has 0 spiro atoms. The van der Waals surface area contributed by atoms with Gasteiger partial charge in [-0.2, -0.15) is 0 Å². The third-order valence-corrected chi connectivity index (χ3v) is 2.56. The van der Waals surface area contributed by atoms with Crippen LogP contribution < -0.4 is 5.32 Å². The highest BCUT2D eigenvalue weighted by molar-refractivity contribution is 9.10. The molecule has 1 unspecified atom stereocenters. The smallest absolute Gasteiger partial charge is 0.331 e. The Morgan fingerprint density at radius 3 is 2.55 bits per heavy atom. The number of hydrogen-bond acceptors (Lipinski definition) is 4. The average Bonchev–Trinajstić information content (AvgIpc) is 2.70. The van der Waals surface area contributed by atoms with E-state index in [4.69, 9.17) is 9.15 Å². The lowest BCUT2D eigenvalue weighted by Crippen LogP contribution is -2.46. The second-order valence-electron chi connectivity index (χ2n) is 5.29. The van der Waals surface area contributed by atoms with Crippen molar-refractivity contribution in [2.75, 3.05) is 0 Å². The number of rotatable bonds is 4. The van der Waals surface area contributed by atoms with Gasteiger partial charge in [-0.25, -0.2) is 4.79 Å². The van der Waals surface area contributed by atoms with E-state index in [-0.39, 0.29) is 11.4 Å². The first-order valence-corrected chi connectivity index (χ1v) is 6.93. The molecule has 0 aliphatic carbocycles. The Hall–Kier alpha value is -1.56. The van der Waals surface area contributed by atoms with Gasteiger partial charge >= 0.3 is 5.97 Å². The van der Waals surface area contributed by atoms with Crippen LogP contribution in [-0.2, 0) is 14.3 Å². The van der Waals surface area contributed by atoms with Crippen molar-refractivity contribution in [3.05, 3.63) is 28.6 Å². The molecule has 6 heteroatoms. The van der Waals surface area contributed by atoms with Gasteiger partial charge in [0.05, 0.1) is 0 Å². The fourth-order valence-corrected chi connectivity index (χ4v) is 1.63. The molecule has 1 atom stereocenters. The van der Waals surface area contributed by atoms with Crippen LogP contribution in [0.2, 0.25) is 0 Å². The molecular formula is C14H18BrNO4. The van der Waals surface area contributed by atoms with Crippen LogP contribution in [0, 0.1) is 0 Å². The number of amides is 1. The largest absolute Gasteiger partial charge is 0.450 e. The molecule has 1 aromatic heterocycles. The Balaban J connectivity index is 2.49. The summed E-state index contributed by atoms with van der Waals surface area (Å²) in [7, 11) is 0. The first-order chi connectivity index (χ1) is 9.17. The van der Waals surface area contributed by atoms with E-state index in [0.717, 1.165) is 0 Å². The highest BCUT2D eigenvalue weighted by Crippen LogP contribution is 2.15.